The van der Waals surface area contributed by atoms with Crippen molar-refractivity contribution < 1.29 is 33.5 Å². The minimum Gasteiger partial charge on any atom is -0.493 e. The first-order valence-electron chi connectivity index (χ1n) is 19.3. The van der Waals surface area contributed by atoms with Crippen LogP contribution < -0.4 is 4.74 Å². The number of carbonyl (C=O) groups excluding carboxylic acids is 5. The number of oxime groups is 1. The minimum absolute atomic E-state index is 0.0851. The summed E-state index contributed by atoms with van der Waals surface area (Å²) >= 11 is 6.38. The SMILES string of the molecule is CCC[C@H](CC(=O)[C@@H]1C[C@]2(CC(c3cc(Cl)ccc3OCC)=NO2)CN1C(=O)[C@@H](CC(=O)CC1CCCCC1)C(C)(C)C)C(=O)C(=O)CC1CC1. The molecule has 2 aliphatic carbocycles. The molecule has 0 N–H and O–H groups in total. The van der Waals surface area contributed by atoms with Crippen LogP contribution in [0, 0.1) is 29.1 Å². The van der Waals surface area contributed by atoms with Crippen molar-refractivity contribution in [2.24, 2.45) is 34.2 Å². The second-order valence-electron chi connectivity index (χ2n) is 16.7. The Hall–Kier alpha value is -3.07. The van der Waals surface area contributed by atoms with Gasteiger partial charge in [-0.15, -0.1) is 0 Å². The number of ether oxygens (including phenoxy) is 1. The van der Waals surface area contributed by atoms with Gasteiger partial charge in [-0.2, -0.15) is 0 Å². The normalized spacial score (nSPS) is 23.5. The molecule has 4 aliphatic rings. The van der Waals surface area contributed by atoms with Gasteiger partial charge in [0.25, 0.3) is 0 Å². The molecule has 2 saturated carbocycles. The lowest BCUT2D eigenvalue weighted by Crippen LogP contribution is -2.48. The van der Waals surface area contributed by atoms with Crippen LogP contribution in [0.25, 0.3) is 0 Å². The summed E-state index contributed by atoms with van der Waals surface area (Å²) in [6.45, 7) is 10.3. The molecule has 1 amide bonds. The highest BCUT2D eigenvalue weighted by atomic mass is 35.5. The maximum absolute atomic E-state index is 14.8. The molecular weight excluding hydrogens is 668 g/mol. The van der Waals surface area contributed by atoms with Crippen molar-refractivity contribution in [3.8, 4) is 5.75 Å². The average molecular weight is 725 g/mol. The third-order valence-electron chi connectivity index (χ3n) is 11.4. The predicted octanol–water partition coefficient (Wildman–Crippen LogP) is 8.11. The molecule has 2 heterocycles. The third kappa shape index (κ3) is 9.88. The van der Waals surface area contributed by atoms with Gasteiger partial charge >= 0.3 is 0 Å². The van der Waals surface area contributed by atoms with Gasteiger partial charge in [-0.25, -0.2) is 0 Å². The lowest BCUT2D eigenvalue weighted by atomic mass is 9.75. The third-order valence-corrected chi connectivity index (χ3v) is 11.6. The minimum atomic E-state index is -0.988. The lowest BCUT2D eigenvalue weighted by Gasteiger charge is -2.35. The first-order valence-corrected chi connectivity index (χ1v) is 19.7. The zero-order valence-electron chi connectivity index (χ0n) is 31.3. The number of Topliss-reactive ketones (excluding diaryl/α,β-unsaturated/α-hetero) is 4. The molecular formula is C41H57ClN2O7. The highest BCUT2D eigenvalue weighted by molar-refractivity contribution is 6.38. The number of carbonyl (C=O) groups is 5. The molecule has 0 aromatic heterocycles. The zero-order chi connectivity index (χ0) is 36.9. The number of halogens is 1. The lowest BCUT2D eigenvalue weighted by molar-refractivity contribution is -0.147. The van der Waals surface area contributed by atoms with Crippen LogP contribution in [0.15, 0.2) is 23.4 Å². The van der Waals surface area contributed by atoms with Gasteiger partial charge in [-0.05, 0) is 61.6 Å². The average Bonchev–Trinajstić information content (AvgIpc) is 3.68. The van der Waals surface area contributed by atoms with Crippen LogP contribution in [0.2, 0.25) is 5.02 Å². The van der Waals surface area contributed by atoms with Gasteiger partial charge in [0.15, 0.2) is 17.2 Å². The summed E-state index contributed by atoms with van der Waals surface area (Å²) < 4.78 is 5.87. The maximum Gasteiger partial charge on any atom is 0.227 e. The summed E-state index contributed by atoms with van der Waals surface area (Å²) in [6.07, 6.45) is 9.77. The number of nitrogens with zero attached hydrogens (tertiary/aromatic N) is 2. The molecule has 4 atom stereocenters. The van der Waals surface area contributed by atoms with Crippen molar-refractivity contribution in [2.45, 2.75) is 143 Å². The van der Waals surface area contributed by atoms with Crippen molar-refractivity contribution in [2.75, 3.05) is 13.2 Å². The van der Waals surface area contributed by atoms with E-state index in [2.05, 4.69) is 5.16 Å². The Kier molecular flexibility index (Phi) is 12.8. The van der Waals surface area contributed by atoms with E-state index in [9.17, 15) is 24.0 Å². The van der Waals surface area contributed by atoms with Crippen LogP contribution in [-0.4, -0.2) is 64.4 Å². The second-order valence-corrected chi connectivity index (χ2v) is 17.1. The predicted molar refractivity (Wildman–Crippen MR) is 197 cm³/mol. The van der Waals surface area contributed by atoms with Crippen LogP contribution >= 0.6 is 11.6 Å². The summed E-state index contributed by atoms with van der Waals surface area (Å²) in [6, 6.07) is 4.43. The standard InChI is InChI=1S/C41H57ClN2O7/c1-6-11-28(38(48)36(47)19-27-14-15-27)20-35(46)34-24-41(23-33(43-51-41)31-21-29(42)16-17-37(31)50-7-2)25-44(34)39(49)32(40(3,4)5)22-30(45)18-26-12-9-8-10-13-26/h16-17,21,26-28,32,34H,6-15,18-20,22-25H2,1-5H3/t28-,32-,34+,41-/m1/s1. The molecule has 51 heavy (non-hydrogen) atoms. The molecule has 1 spiro atoms. The highest BCUT2D eigenvalue weighted by Crippen LogP contribution is 2.44. The molecule has 1 aromatic rings. The summed E-state index contributed by atoms with van der Waals surface area (Å²) in [4.78, 5) is 76.7. The van der Waals surface area contributed by atoms with E-state index in [0.717, 1.165) is 38.5 Å². The molecule has 0 unspecified atom stereocenters. The Bertz CT molecular complexity index is 1510. The Morgan fingerprint density at radius 3 is 2.35 bits per heavy atom. The van der Waals surface area contributed by atoms with Gasteiger partial charge in [-0.3, -0.25) is 24.0 Å². The smallest absolute Gasteiger partial charge is 0.227 e. The molecule has 0 radical (unpaired) electrons. The van der Waals surface area contributed by atoms with Crippen LogP contribution in [0.3, 0.4) is 0 Å². The number of hydrogen-bond donors (Lipinski definition) is 0. The van der Waals surface area contributed by atoms with Gasteiger partial charge in [-0.1, -0.05) is 83.0 Å². The fourth-order valence-electron chi connectivity index (χ4n) is 8.29. The summed E-state index contributed by atoms with van der Waals surface area (Å²) in [5.74, 6) is -1.44. The van der Waals surface area contributed by atoms with E-state index in [0.29, 0.717) is 60.3 Å². The van der Waals surface area contributed by atoms with Gasteiger partial charge in [0.1, 0.15) is 11.5 Å². The van der Waals surface area contributed by atoms with Crippen LogP contribution in [0.1, 0.15) is 136 Å². The molecule has 280 valence electrons. The monoisotopic (exact) mass is 724 g/mol. The van der Waals surface area contributed by atoms with Crippen LogP contribution in [0.5, 0.6) is 5.75 Å². The molecule has 10 heteroatoms. The van der Waals surface area contributed by atoms with Crippen molar-refractivity contribution >= 4 is 46.4 Å². The first kappa shape index (κ1) is 39.1. The second kappa shape index (κ2) is 16.7. The molecule has 0 bridgehead atoms. The van der Waals surface area contributed by atoms with Crippen molar-refractivity contribution in [1.29, 1.82) is 0 Å². The number of amides is 1. The van der Waals surface area contributed by atoms with Crippen molar-refractivity contribution in [1.82, 2.24) is 4.90 Å². The molecule has 5 rings (SSSR count). The summed E-state index contributed by atoms with van der Waals surface area (Å²) in [5.41, 5.74) is -0.236. The van der Waals surface area contributed by atoms with E-state index in [1.165, 1.54) is 6.42 Å². The number of benzene rings is 1. The van der Waals surface area contributed by atoms with E-state index >= 15 is 0 Å². The van der Waals surface area contributed by atoms with E-state index in [4.69, 9.17) is 21.2 Å². The molecule has 3 fully saturated rings. The van der Waals surface area contributed by atoms with E-state index in [1.807, 2.05) is 34.6 Å². The number of hydrogen-bond acceptors (Lipinski definition) is 8. The van der Waals surface area contributed by atoms with Crippen LogP contribution in [-0.2, 0) is 28.8 Å². The van der Waals surface area contributed by atoms with E-state index in [1.54, 1.807) is 23.1 Å². The summed E-state index contributed by atoms with van der Waals surface area (Å²) in [7, 11) is 0. The fourth-order valence-corrected chi connectivity index (χ4v) is 8.46. The van der Waals surface area contributed by atoms with Gasteiger partial charge < -0.3 is 14.5 Å². The fraction of sp³-hybridized carbons (Fsp3) is 0.707. The number of likely N-dealkylation sites (tertiary alicyclic amines) is 1. The molecule has 1 aromatic carbocycles. The van der Waals surface area contributed by atoms with Crippen molar-refractivity contribution in [3.63, 3.8) is 0 Å². The van der Waals surface area contributed by atoms with Crippen molar-refractivity contribution in [3.05, 3.63) is 28.8 Å². The van der Waals surface area contributed by atoms with E-state index < -0.39 is 40.5 Å². The largest absolute Gasteiger partial charge is 0.493 e. The van der Waals surface area contributed by atoms with Gasteiger partial charge in [0.05, 0.1) is 24.9 Å². The van der Waals surface area contributed by atoms with Gasteiger partial charge in [0.2, 0.25) is 11.7 Å². The molecule has 1 saturated heterocycles. The molecule has 9 nitrogen and oxygen atoms in total. The Balaban J connectivity index is 1.41. The Morgan fingerprint density at radius 1 is 1.00 bits per heavy atom. The first-order chi connectivity index (χ1) is 24.2. The topological polar surface area (TPSA) is 119 Å². The quantitative estimate of drug-likeness (QED) is 0.149. The maximum atomic E-state index is 14.8. The Morgan fingerprint density at radius 2 is 1.71 bits per heavy atom. The van der Waals surface area contributed by atoms with Gasteiger partial charge in [0, 0.05) is 60.9 Å². The Labute approximate surface area is 308 Å². The summed E-state index contributed by atoms with van der Waals surface area (Å²) in [5, 5.41) is 4.99. The zero-order valence-corrected chi connectivity index (χ0v) is 32.0. The van der Waals surface area contributed by atoms with Crippen LogP contribution in [0.4, 0.5) is 0 Å². The molecule has 2 aliphatic heterocycles. The number of rotatable bonds is 17. The van der Waals surface area contributed by atoms with E-state index in [-0.39, 0.29) is 55.6 Å². The highest BCUT2D eigenvalue weighted by Gasteiger charge is 2.55. The number of ketones is 4.